The normalized spacial score (nSPS) is 18.8. The van der Waals surface area contributed by atoms with E-state index in [-0.39, 0.29) is 36.5 Å². The number of piperidine rings is 1. The van der Waals surface area contributed by atoms with Crippen molar-refractivity contribution in [2.24, 2.45) is 13.0 Å². The Morgan fingerprint density at radius 1 is 0.864 bits per heavy atom. The van der Waals surface area contributed by atoms with Crippen molar-refractivity contribution in [3.8, 4) is 16.9 Å². The van der Waals surface area contributed by atoms with E-state index in [0.717, 1.165) is 84.8 Å². The standard InChI is InChI=1S/C44H42F3N7O5.C2HF3O2/c1-51-37-16-24(4-11-35(37)54(44(51)59)36-12-13-38(55)49-43(36)58)14-15-52-21-28-7-5-26(17-30(28)22-52)27-6-8-29-23-53(50-34(29)18-27)31-9-2-25(3-10-31)20-48-42(57)32-19-33(45)41(56)40(47)39(32)46;3-2(4,5)1(6)7/h4-8,11,16-19,23,25,31,36,56H,2-3,9-10,12-15,20-22H2,1H3,(H,48,57)(H,49,55,58);(H,6,7)/t25?,31?,36-;/m1./s1. The monoisotopic (exact) mass is 919 g/mol. The average molecular weight is 920 g/mol. The first-order valence-electron chi connectivity index (χ1n) is 21.2. The molecule has 1 aliphatic carbocycles. The van der Waals surface area contributed by atoms with Gasteiger partial charge >= 0.3 is 17.8 Å². The number of imide groups is 1. The number of carbonyl (C=O) groups is 4. The molecule has 0 unspecified atom stereocenters. The van der Waals surface area contributed by atoms with Crippen molar-refractivity contribution in [2.75, 3.05) is 13.1 Å². The van der Waals surface area contributed by atoms with Crippen LogP contribution in [0.25, 0.3) is 33.1 Å². The summed E-state index contributed by atoms with van der Waals surface area (Å²) < 4.78 is 78.5. The second kappa shape index (κ2) is 18.1. The molecule has 14 nitrogen and oxygen atoms in total. The minimum Gasteiger partial charge on any atom is -0.503 e. The van der Waals surface area contributed by atoms with Crippen LogP contribution >= 0.6 is 0 Å². The molecule has 2 fully saturated rings. The molecule has 0 radical (unpaired) electrons. The van der Waals surface area contributed by atoms with Gasteiger partial charge in [-0.05, 0) is 103 Å². The largest absolute Gasteiger partial charge is 0.503 e. The van der Waals surface area contributed by atoms with Gasteiger partial charge in [0.2, 0.25) is 17.6 Å². The van der Waals surface area contributed by atoms with Gasteiger partial charge in [-0.15, -0.1) is 0 Å². The molecule has 0 spiro atoms. The smallest absolute Gasteiger partial charge is 0.490 e. The number of aromatic hydroxyl groups is 1. The molecule has 346 valence electrons. The Morgan fingerprint density at radius 2 is 1.56 bits per heavy atom. The van der Waals surface area contributed by atoms with Gasteiger partial charge in [0, 0.05) is 51.2 Å². The third-order valence-corrected chi connectivity index (χ3v) is 12.6. The quantitative estimate of drug-likeness (QED) is 0.0689. The maximum atomic E-state index is 14.2. The number of nitrogens with one attached hydrogen (secondary N) is 2. The Morgan fingerprint density at radius 3 is 2.27 bits per heavy atom. The van der Waals surface area contributed by atoms with Gasteiger partial charge in [-0.25, -0.2) is 18.4 Å². The number of aliphatic carboxylic acids is 1. The highest BCUT2D eigenvalue weighted by molar-refractivity contribution is 6.00. The van der Waals surface area contributed by atoms with E-state index in [9.17, 15) is 50.6 Å². The van der Waals surface area contributed by atoms with Gasteiger partial charge in [-0.2, -0.15) is 22.7 Å². The second-order valence-corrected chi connectivity index (χ2v) is 16.9. The highest BCUT2D eigenvalue weighted by Crippen LogP contribution is 2.35. The maximum absolute atomic E-state index is 14.2. The number of carboxylic acids is 1. The van der Waals surface area contributed by atoms with E-state index in [0.29, 0.717) is 18.0 Å². The highest BCUT2D eigenvalue weighted by Gasteiger charge is 2.38. The summed E-state index contributed by atoms with van der Waals surface area (Å²) in [7, 11) is 1.71. The van der Waals surface area contributed by atoms with Crippen LogP contribution in [0.15, 0.2) is 71.7 Å². The molecule has 3 amide bonds. The molecule has 3 aliphatic rings. The molecule has 1 saturated heterocycles. The van der Waals surface area contributed by atoms with E-state index in [1.165, 1.54) is 15.7 Å². The number of imidazole rings is 1. The van der Waals surface area contributed by atoms with Crippen molar-refractivity contribution >= 4 is 45.6 Å². The zero-order valence-electron chi connectivity index (χ0n) is 35.3. The molecule has 6 aromatic rings. The Balaban J connectivity index is 0.000000785. The number of rotatable bonds is 9. The van der Waals surface area contributed by atoms with Crippen LogP contribution < -0.4 is 16.3 Å². The van der Waals surface area contributed by atoms with Gasteiger partial charge in [0.25, 0.3) is 5.91 Å². The lowest BCUT2D eigenvalue weighted by Gasteiger charge is -2.28. The first-order valence-corrected chi connectivity index (χ1v) is 21.2. The van der Waals surface area contributed by atoms with E-state index in [1.54, 1.807) is 11.6 Å². The molecule has 66 heavy (non-hydrogen) atoms. The Hall–Kier alpha value is -6.96. The number of phenolic OH excluding ortho intramolecular Hbond substituents is 1. The lowest BCUT2D eigenvalue weighted by atomic mass is 9.86. The molecule has 0 bridgehead atoms. The summed E-state index contributed by atoms with van der Waals surface area (Å²) in [6, 6.07) is 18.8. The van der Waals surface area contributed by atoms with Crippen molar-refractivity contribution in [1.82, 2.24) is 34.4 Å². The summed E-state index contributed by atoms with van der Waals surface area (Å²) in [5.41, 5.74) is 7.15. The van der Waals surface area contributed by atoms with E-state index in [2.05, 4.69) is 58.1 Å². The number of benzene rings is 4. The SMILES string of the molecule is Cn1c(=O)n([C@@H]2CCC(=O)NC2=O)c2ccc(CCN3Cc4ccc(-c5ccc6cn(C7CCC(CNC(=O)c8cc(F)c(O)c(F)c8F)CC7)nc6c5)cc4C3)cc21.O=C(O)C(F)(F)F. The van der Waals surface area contributed by atoms with Crippen LogP contribution in [0.5, 0.6) is 5.75 Å². The van der Waals surface area contributed by atoms with Crippen LogP contribution in [0, 0.1) is 23.4 Å². The summed E-state index contributed by atoms with van der Waals surface area (Å²) in [5.74, 6) is -10.5. The Bertz CT molecular complexity index is 2970. The fourth-order valence-corrected chi connectivity index (χ4v) is 8.98. The van der Waals surface area contributed by atoms with E-state index in [4.69, 9.17) is 15.0 Å². The van der Waals surface area contributed by atoms with Crippen LogP contribution in [-0.2, 0) is 40.9 Å². The first kappa shape index (κ1) is 45.6. The van der Waals surface area contributed by atoms with Crippen molar-refractivity contribution in [2.45, 2.75) is 76.3 Å². The first-order chi connectivity index (χ1) is 31.4. The number of hydrogen-bond acceptors (Lipinski definition) is 8. The summed E-state index contributed by atoms with van der Waals surface area (Å²) in [5, 5.41) is 27.3. The van der Waals surface area contributed by atoms with Crippen LogP contribution in [0.2, 0.25) is 0 Å². The minimum atomic E-state index is -5.08. The summed E-state index contributed by atoms with van der Waals surface area (Å²) in [6.45, 7) is 2.74. The number of phenols is 1. The van der Waals surface area contributed by atoms with Crippen LogP contribution in [-0.4, -0.2) is 77.0 Å². The van der Waals surface area contributed by atoms with E-state index >= 15 is 0 Å². The molecule has 1 saturated carbocycles. The third kappa shape index (κ3) is 9.27. The number of hydrogen-bond donors (Lipinski definition) is 4. The summed E-state index contributed by atoms with van der Waals surface area (Å²) >= 11 is 0. The molecule has 2 aromatic heterocycles. The number of halogens is 6. The van der Waals surface area contributed by atoms with Gasteiger partial charge < -0.3 is 15.5 Å². The number of aryl methyl sites for hydroxylation is 1. The number of carbonyl (C=O) groups excluding carboxylic acids is 3. The van der Waals surface area contributed by atoms with Gasteiger partial charge in [0.05, 0.1) is 28.2 Å². The van der Waals surface area contributed by atoms with Crippen LogP contribution in [0.1, 0.15) is 77.7 Å². The Labute approximate surface area is 371 Å². The molecule has 2 aliphatic heterocycles. The molecule has 4 N–H and O–H groups in total. The van der Waals surface area contributed by atoms with Gasteiger partial charge in [-0.1, -0.05) is 30.3 Å². The highest BCUT2D eigenvalue weighted by atomic mass is 19.4. The average Bonchev–Trinajstić information content (AvgIpc) is 3.98. The number of amides is 3. The number of aromatic nitrogens is 4. The van der Waals surface area contributed by atoms with E-state index < -0.39 is 58.8 Å². The zero-order valence-corrected chi connectivity index (χ0v) is 35.3. The van der Waals surface area contributed by atoms with Gasteiger partial charge in [0.15, 0.2) is 17.4 Å². The molecule has 1 atom stereocenters. The molecule has 4 aromatic carbocycles. The molecular weight excluding hydrogens is 877 g/mol. The molecular formula is C46H43F6N7O7. The molecule has 4 heterocycles. The fourth-order valence-electron chi connectivity index (χ4n) is 8.98. The molecule has 20 heteroatoms. The third-order valence-electron chi connectivity index (χ3n) is 12.6. The second-order valence-electron chi connectivity index (χ2n) is 16.9. The van der Waals surface area contributed by atoms with Crippen molar-refractivity contribution in [3.63, 3.8) is 0 Å². The van der Waals surface area contributed by atoms with Gasteiger partial charge in [-0.3, -0.25) is 38.4 Å². The van der Waals surface area contributed by atoms with Crippen molar-refractivity contribution in [3.05, 3.63) is 117 Å². The predicted molar refractivity (Wildman–Crippen MR) is 227 cm³/mol. The zero-order chi connectivity index (χ0) is 47.2. The number of alkyl halides is 3. The lowest BCUT2D eigenvalue weighted by Crippen LogP contribution is -2.44. The van der Waals surface area contributed by atoms with Crippen molar-refractivity contribution in [1.29, 1.82) is 0 Å². The van der Waals surface area contributed by atoms with E-state index in [1.807, 2.05) is 22.9 Å². The predicted octanol–water partition coefficient (Wildman–Crippen LogP) is 6.81. The minimum absolute atomic E-state index is 0.116. The Kier molecular flexibility index (Phi) is 12.5. The lowest BCUT2D eigenvalue weighted by molar-refractivity contribution is -0.192. The number of nitrogens with zero attached hydrogens (tertiary/aromatic N) is 5. The van der Waals surface area contributed by atoms with Crippen molar-refractivity contribution < 1.29 is 55.7 Å². The topological polar surface area (TPSA) is 181 Å². The number of fused-ring (bicyclic) bond motifs is 3. The summed E-state index contributed by atoms with van der Waals surface area (Å²) in [4.78, 5) is 61.3. The van der Waals surface area contributed by atoms with Gasteiger partial charge in [0.1, 0.15) is 6.04 Å². The van der Waals surface area contributed by atoms with Crippen LogP contribution in [0.4, 0.5) is 26.3 Å². The summed E-state index contributed by atoms with van der Waals surface area (Å²) in [6.07, 6.45) is 1.49. The fraction of sp³-hybridized carbons (Fsp3) is 0.348. The van der Waals surface area contributed by atoms with Crippen LogP contribution in [0.3, 0.4) is 0 Å². The maximum Gasteiger partial charge on any atom is 0.490 e. The number of carboxylic acid groups (broad SMARTS) is 1. The molecule has 9 rings (SSSR count).